The molecule has 1 amide bonds. The van der Waals surface area contributed by atoms with Crippen molar-refractivity contribution in [2.45, 2.75) is 63.2 Å². The normalized spacial score (nSPS) is 23.4. The Morgan fingerprint density at radius 2 is 1.76 bits per heavy atom. The van der Waals surface area contributed by atoms with Crippen molar-refractivity contribution in [2.24, 2.45) is 11.3 Å². The Morgan fingerprint density at radius 3 is 2.38 bits per heavy atom. The van der Waals surface area contributed by atoms with E-state index in [9.17, 15) is 17.8 Å². The zero-order chi connectivity index (χ0) is 26.1. The van der Waals surface area contributed by atoms with Crippen molar-refractivity contribution >= 4 is 39.8 Å². The van der Waals surface area contributed by atoms with E-state index in [2.05, 4.69) is 4.72 Å². The number of fused-ring (bicyclic) bond motifs is 2. The monoisotopic (exact) mass is 540 g/mol. The highest BCUT2D eigenvalue weighted by molar-refractivity contribution is 7.92. The zero-order valence-corrected chi connectivity index (χ0v) is 23.5. The molecule has 1 unspecified atom stereocenters. The van der Waals surface area contributed by atoms with Gasteiger partial charge < -0.3 is 9.46 Å². The smallest absolute Gasteiger partial charge is 0.258 e. The van der Waals surface area contributed by atoms with Gasteiger partial charge in [-0.3, -0.25) is 9.52 Å². The number of carbonyl (C=O) groups excluding carboxylic acids is 1. The molecule has 0 saturated heterocycles. The van der Waals surface area contributed by atoms with Gasteiger partial charge in [-0.15, -0.1) is 0 Å². The summed E-state index contributed by atoms with van der Waals surface area (Å²) in [5.74, 6) is 0.468. The maximum absolute atomic E-state index is 14.0. The summed E-state index contributed by atoms with van der Waals surface area (Å²) in [5.41, 5.74) is 3.41. The average molecular weight is 541 g/mol. The predicted octanol–water partition coefficient (Wildman–Crippen LogP) is 5.73. The van der Waals surface area contributed by atoms with Crippen molar-refractivity contribution in [2.75, 3.05) is 35.2 Å². The van der Waals surface area contributed by atoms with Crippen LogP contribution in [-0.2, 0) is 20.0 Å². The molecule has 3 fully saturated rings. The molecule has 1 aliphatic heterocycles. The lowest BCUT2D eigenvalue weighted by molar-refractivity contribution is 0.0980. The third-order valence-corrected chi connectivity index (χ3v) is 12.8. The van der Waals surface area contributed by atoms with Gasteiger partial charge >= 0.3 is 0 Å². The van der Waals surface area contributed by atoms with Crippen LogP contribution in [0.25, 0.3) is 0 Å². The highest BCUT2D eigenvalue weighted by atomic mass is 32.2. The molecule has 2 aromatic rings. The second-order valence-electron chi connectivity index (χ2n) is 12.4. The minimum Gasteiger partial charge on any atom is -0.319 e. The van der Waals surface area contributed by atoms with E-state index >= 15 is 0 Å². The minimum atomic E-state index is -3.40. The van der Waals surface area contributed by atoms with Crippen molar-refractivity contribution in [3.63, 3.8) is 0 Å². The molecule has 1 N–H and O–H groups in total. The Bertz CT molecular complexity index is 1400. The Hall–Kier alpha value is -2.11. The van der Waals surface area contributed by atoms with Gasteiger partial charge in [-0.1, -0.05) is 18.6 Å². The third kappa shape index (κ3) is 4.78. The van der Waals surface area contributed by atoms with E-state index in [1.165, 1.54) is 19.3 Å². The van der Waals surface area contributed by atoms with Crippen LogP contribution in [0.1, 0.15) is 73.7 Å². The number of anilines is 2. The van der Waals surface area contributed by atoms with Crippen LogP contribution in [0.3, 0.4) is 0 Å². The molecular formula is C29H37N2O4PS. The topological polar surface area (TPSA) is 83.6 Å². The summed E-state index contributed by atoms with van der Waals surface area (Å²) in [6, 6.07) is 13.1. The molecule has 0 aromatic heterocycles. The minimum absolute atomic E-state index is 0.0702. The highest BCUT2D eigenvalue weighted by Gasteiger charge is 2.53. The predicted molar refractivity (Wildman–Crippen MR) is 150 cm³/mol. The van der Waals surface area contributed by atoms with Crippen molar-refractivity contribution in [3.05, 3.63) is 53.6 Å². The SMILES string of the molecule is CP(=O)(CC1CCC1)c1cccc(C(=O)N2CC3(CCC4(CC4)CC3)c3cc(NS(C)(=O)=O)ccc32)c1. The van der Waals surface area contributed by atoms with Crippen LogP contribution < -0.4 is 14.9 Å². The molecule has 2 aromatic carbocycles. The first-order valence-electron chi connectivity index (χ1n) is 13.6. The summed E-state index contributed by atoms with van der Waals surface area (Å²) in [7, 11) is -5.93. The lowest BCUT2D eigenvalue weighted by atomic mass is 9.66. The van der Waals surface area contributed by atoms with E-state index in [1.54, 1.807) is 6.07 Å². The summed E-state index contributed by atoms with van der Waals surface area (Å²) in [6.45, 7) is 2.47. The molecule has 4 aliphatic rings. The number of hydrogen-bond donors (Lipinski definition) is 1. The van der Waals surface area contributed by atoms with Crippen LogP contribution in [0, 0.1) is 11.3 Å². The lowest BCUT2D eigenvalue weighted by Crippen LogP contribution is -2.40. The summed E-state index contributed by atoms with van der Waals surface area (Å²) in [4.78, 5) is 15.9. The number of benzene rings is 2. The Morgan fingerprint density at radius 1 is 1.05 bits per heavy atom. The molecule has 6 nitrogen and oxygen atoms in total. The van der Waals surface area contributed by atoms with Gasteiger partial charge in [-0.2, -0.15) is 0 Å². The number of hydrogen-bond acceptors (Lipinski definition) is 4. The van der Waals surface area contributed by atoms with Gasteiger partial charge in [0, 0.05) is 40.4 Å². The molecule has 198 valence electrons. The van der Waals surface area contributed by atoms with Crippen LogP contribution in [-0.4, -0.2) is 40.0 Å². The standard InChI is InChI=1S/C29H37N2O4PS/c1-36(33,19-21-5-3-6-21)24-8-4-7-22(17-24)27(32)31-20-29(15-13-28(11-12-28)14-16-29)25-18-23(9-10-26(25)31)30-37(2,34)35/h4,7-10,17-18,21,30H,3,5-6,11-16,19-20H2,1-2H3. The van der Waals surface area contributed by atoms with Crippen LogP contribution >= 0.6 is 7.14 Å². The van der Waals surface area contributed by atoms with E-state index in [0.717, 1.165) is 67.5 Å². The van der Waals surface area contributed by atoms with Crippen LogP contribution in [0.4, 0.5) is 11.4 Å². The fraction of sp³-hybridized carbons (Fsp3) is 0.552. The van der Waals surface area contributed by atoms with Crippen molar-refractivity contribution in [1.82, 2.24) is 0 Å². The Labute approximate surface area is 220 Å². The molecule has 37 heavy (non-hydrogen) atoms. The first kappa shape index (κ1) is 25.2. The molecule has 6 rings (SSSR count). The zero-order valence-electron chi connectivity index (χ0n) is 21.8. The lowest BCUT2D eigenvalue weighted by Gasteiger charge is -2.38. The Kier molecular flexibility index (Phi) is 5.93. The van der Waals surface area contributed by atoms with Gasteiger partial charge in [0.15, 0.2) is 0 Å². The van der Waals surface area contributed by atoms with Crippen LogP contribution in [0.5, 0.6) is 0 Å². The first-order chi connectivity index (χ1) is 17.5. The van der Waals surface area contributed by atoms with E-state index in [4.69, 9.17) is 0 Å². The molecule has 3 aliphatic carbocycles. The van der Waals surface area contributed by atoms with Crippen molar-refractivity contribution in [3.8, 4) is 0 Å². The molecule has 3 saturated carbocycles. The third-order valence-electron chi connectivity index (χ3n) is 9.56. The molecule has 0 bridgehead atoms. The van der Waals surface area contributed by atoms with E-state index < -0.39 is 17.2 Å². The number of nitrogens with zero attached hydrogens (tertiary/aromatic N) is 1. The van der Waals surface area contributed by atoms with Gasteiger partial charge in [-0.25, -0.2) is 8.42 Å². The fourth-order valence-corrected chi connectivity index (χ4v) is 9.78. The number of carbonyl (C=O) groups is 1. The number of rotatable bonds is 6. The molecule has 8 heteroatoms. The van der Waals surface area contributed by atoms with E-state index in [1.807, 2.05) is 48.0 Å². The van der Waals surface area contributed by atoms with Gasteiger partial charge in [0.2, 0.25) is 10.0 Å². The second kappa shape index (κ2) is 8.71. The maximum atomic E-state index is 14.0. The summed E-state index contributed by atoms with van der Waals surface area (Å²) >= 11 is 0. The van der Waals surface area contributed by atoms with Crippen molar-refractivity contribution < 1.29 is 17.8 Å². The molecule has 1 atom stereocenters. The molecule has 2 spiro atoms. The highest BCUT2D eigenvalue weighted by Crippen LogP contribution is 2.62. The van der Waals surface area contributed by atoms with E-state index in [0.29, 0.717) is 29.1 Å². The van der Waals surface area contributed by atoms with Gasteiger partial charge in [0.25, 0.3) is 5.91 Å². The van der Waals surface area contributed by atoms with Gasteiger partial charge in [-0.05, 0) is 105 Å². The first-order valence-corrected chi connectivity index (χ1v) is 17.8. The van der Waals surface area contributed by atoms with E-state index in [-0.39, 0.29) is 11.3 Å². The molecule has 1 heterocycles. The Balaban J connectivity index is 1.33. The number of nitrogens with one attached hydrogen (secondary N) is 1. The summed E-state index contributed by atoms with van der Waals surface area (Å²) in [5, 5.41) is 0.792. The van der Waals surface area contributed by atoms with Gasteiger partial charge in [0.1, 0.15) is 7.14 Å². The quantitative estimate of drug-likeness (QED) is 0.475. The maximum Gasteiger partial charge on any atom is 0.258 e. The van der Waals surface area contributed by atoms with Gasteiger partial charge in [0.05, 0.1) is 6.26 Å². The summed E-state index contributed by atoms with van der Waals surface area (Å²) < 4.78 is 40.1. The second-order valence-corrected chi connectivity index (χ2v) is 17.2. The number of amides is 1. The summed E-state index contributed by atoms with van der Waals surface area (Å²) in [6.07, 6.45) is 12.4. The fourth-order valence-electron chi connectivity index (χ4n) is 6.85. The molecular weight excluding hydrogens is 503 g/mol. The van der Waals surface area contributed by atoms with Crippen LogP contribution in [0.2, 0.25) is 0 Å². The van der Waals surface area contributed by atoms with Crippen molar-refractivity contribution in [1.29, 1.82) is 0 Å². The average Bonchev–Trinajstić information content (AvgIpc) is 3.52. The largest absolute Gasteiger partial charge is 0.319 e. The molecule has 0 radical (unpaired) electrons. The van der Waals surface area contributed by atoms with Crippen LogP contribution in [0.15, 0.2) is 42.5 Å². The number of sulfonamides is 1.